The van der Waals surface area contributed by atoms with Gasteiger partial charge in [-0.05, 0) is 43.3 Å². The molecule has 2 rings (SSSR count). The minimum absolute atomic E-state index is 0.158. The van der Waals surface area contributed by atoms with Gasteiger partial charge in [0.25, 0.3) is 0 Å². The zero-order valence-corrected chi connectivity index (χ0v) is 10.9. The highest BCUT2D eigenvalue weighted by atomic mass is 35.5. The summed E-state index contributed by atoms with van der Waals surface area (Å²) >= 11 is 6.99. The summed E-state index contributed by atoms with van der Waals surface area (Å²) in [7, 11) is 0. The molecule has 17 heavy (non-hydrogen) atoms. The van der Waals surface area contributed by atoms with Crippen LogP contribution in [0.25, 0.3) is 0 Å². The van der Waals surface area contributed by atoms with Crippen LogP contribution in [0.1, 0.15) is 11.4 Å². The van der Waals surface area contributed by atoms with Gasteiger partial charge in [0.15, 0.2) is 5.16 Å². The molecule has 2 aromatic heterocycles. The fraction of sp³-hybridized carbons (Fsp3) is 0.200. The maximum absolute atomic E-state index is 5.75. The fourth-order valence-electron chi connectivity index (χ4n) is 1.26. The van der Waals surface area contributed by atoms with Crippen LogP contribution in [0.2, 0.25) is 5.28 Å². The van der Waals surface area contributed by atoms with Crippen molar-refractivity contribution >= 4 is 29.1 Å². The predicted octanol–water partition coefficient (Wildman–Crippen LogP) is 2.27. The standard InChI is InChI=1S/C10H10ClN5S/c1-5-3-6(2)15-10(14-5)17-8-7(12)4-13-9(11)16-8/h3-4H,12H2,1-2H3. The van der Waals surface area contributed by atoms with Crippen molar-refractivity contribution in [3.8, 4) is 0 Å². The molecule has 2 N–H and O–H groups in total. The quantitative estimate of drug-likeness (QED) is 0.664. The van der Waals surface area contributed by atoms with Crippen molar-refractivity contribution in [1.29, 1.82) is 0 Å². The highest BCUT2D eigenvalue weighted by Gasteiger charge is 2.08. The number of nitrogen functional groups attached to an aromatic ring is 1. The first-order chi connectivity index (χ1) is 8.04. The van der Waals surface area contributed by atoms with E-state index in [1.807, 2.05) is 19.9 Å². The molecule has 0 aliphatic carbocycles. The number of anilines is 1. The Balaban J connectivity index is 2.34. The van der Waals surface area contributed by atoms with Gasteiger partial charge in [0.2, 0.25) is 5.28 Å². The highest BCUT2D eigenvalue weighted by Crippen LogP contribution is 2.28. The number of nitrogens with two attached hydrogens (primary N) is 1. The van der Waals surface area contributed by atoms with Gasteiger partial charge in [-0.1, -0.05) is 0 Å². The second-order valence-corrected chi connectivity index (χ2v) is 4.73. The molecule has 0 bridgehead atoms. The van der Waals surface area contributed by atoms with E-state index < -0.39 is 0 Å². The van der Waals surface area contributed by atoms with E-state index in [1.165, 1.54) is 18.0 Å². The zero-order valence-electron chi connectivity index (χ0n) is 9.31. The molecule has 0 saturated carbocycles. The summed E-state index contributed by atoms with van der Waals surface area (Å²) < 4.78 is 0. The van der Waals surface area contributed by atoms with Gasteiger partial charge in [-0.25, -0.2) is 19.9 Å². The van der Waals surface area contributed by atoms with Crippen molar-refractivity contribution in [3.05, 3.63) is 28.9 Å². The normalized spacial score (nSPS) is 10.5. The molecule has 0 aliphatic heterocycles. The van der Waals surface area contributed by atoms with Crippen molar-refractivity contribution < 1.29 is 0 Å². The molecule has 7 heteroatoms. The first kappa shape index (κ1) is 12.1. The van der Waals surface area contributed by atoms with E-state index in [-0.39, 0.29) is 5.28 Å². The third-order valence-electron chi connectivity index (χ3n) is 1.90. The summed E-state index contributed by atoms with van der Waals surface area (Å²) in [6, 6.07) is 1.90. The number of rotatable bonds is 2. The van der Waals surface area contributed by atoms with Crippen molar-refractivity contribution in [2.45, 2.75) is 24.0 Å². The van der Waals surface area contributed by atoms with E-state index in [2.05, 4.69) is 19.9 Å². The van der Waals surface area contributed by atoms with Gasteiger partial charge in [-0.3, -0.25) is 0 Å². The van der Waals surface area contributed by atoms with Crippen LogP contribution in [0, 0.1) is 13.8 Å². The Morgan fingerprint density at radius 3 is 2.47 bits per heavy atom. The molecule has 0 unspecified atom stereocenters. The maximum Gasteiger partial charge on any atom is 0.223 e. The van der Waals surface area contributed by atoms with Crippen LogP contribution in [-0.4, -0.2) is 19.9 Å². The summed E-state index contributed by atoms with van der Waals surface area (Å²) in [6.07, 6.45) is 1.47. The van der Waals surface area contributed by atoms with Crippen LogP contribution >= 0.6 is 23.4 Å². The fourth-order valence-corrected chi connectivity index (χ4v) is 2.30. The number of halogens is 1. The number of hydrogen-bond donors (Lipinski definition) is 1. The van der Waals surface area contributed by atoms with Gasteiger partial charge in [0.1, 0.15) is 5.03 Å². The van der Waals surface area contributed by atoms with Crippen molar-refractivity contribution in [2.24, 2.45) is 0 Å². The summed E-state index contributed by atoms with van der Waals surface area (Å²) in [6.45, 7) is 3.82. The van der Waals surface area contributed by atoms with Crippen molar-refractivity contribution in [3.63, 3.8) is 0 Å². The molecule has 88 valence electrons. The molecular weight excluding hydrogens is 258 g/mol. The van der Waals surface area contributed by atoms with Crippen LogP contribution in [0.15, 0.2) is 22.4 Å². The minimum Gasteiger partial charge on any atom is -0.395 e. The lowest BCUT2D eigenvalue weighted by Gasteiger charge is -2.04. The maximum atomic E-state index is 5.75. The van der Waals surface area contributed by atoms with E-state index >= 15 is 0 Å². The van der Waals surface area contributed by atoms with Crippen LogP contribution in [0.3, 0.4) is 0 Å². The number of aromatic nitrogens is 4. The Morgan fingerprint density at radius 2 is 1.82 bits per heavy atom. The molecular formula is C10H10ClN5S. The lowest BCUT2D eigenvalue weighted by Crippen LogP contribution is -1.97. The number of nitrogens with zero attached hydrogens (tertiary/aromatic N) is 4. The monoisotopic (exact) mass is 267 g/mol. The third kappa shape index (κ3) is 3.04. The van der Waals surface area contributed by atoms with Gasteiger partial charge in [0.05, 0.1) is 11.9 Å². The van der Waals surface area contributed by atoms with Crippen LogP contribution in [0.5, 0.6) is 0 Å². The van der Waals surface area contributed by atoms with E-state index in [9.17, 15) is 0 Å². The molecule has 0 radical (unpaired) electrons. The average Bonchev–Trinajstić information content (AvgIpc) is 2.22. The van der Waals surface area contributed by atoms with Gasteiger partial charge in [0, 0.05) is 11.4 Å². The first-order valence-electron chi connectivity index (χ1n) is 4.83. The summed E-state index contributed by atoms with van der Waals surface area (Å²) in [5.41, 5.74) is 8.02. The summed E-state index contributed by atoms with van der Waals surface area (Å²) in [5, 5.41) is 1.32. The van der Waals surface area contributed by atoms with Crippen LogP contribution < -0.4 is 5.73 Å². The van der Waals surface area contributed by atoms with Crippen molar-refractivity contribution in [2.75, 3.05) is 5.73 Å². The van der Waals surface area contributed by atoms with E-state index in [0.29, 0.717) is 15.9 Å². The molecule has 2 aromatic rings. The summed E-state index contributed by atoms with van der Waals surface area (Å²) in [5.74, 6) is 0. The smallest absolute Gasteiger partial charge is 0.223 e. The molecule has 0 atom stereocenters. The Kier molecular flexibility index (Phi) is 3.44. The molecule has 0 amide bonds. The topological polar surface area (TPSA) is 77.6 Å². The number of aryl methyl sites for hydroxylation is 2. The number of hydrogen-bond acceptors (Lipinski definition) is 6. The van der Waals surface area contributed by atoms with E-state index in [4.69, 9.17) is 17.3 Å². The Bertz CT molecular complexity index is 540. The molecule has 5 nitrogen and oxygen atoms in total. The second-order valence-electron chi connectivity index (χ2n) is 3.43. The van der Waals surface area contributed by atoms with Gasteiger partial charge in [-0.15, -0.1) is 0 Å². The molecule has 0 spiro atoms. The Hall–Kier alpha value is -1.40. The van der Waals surface area contributed by atoms with E-state index in [0.717, 1.165) is 11.4 Å². The van der Waals surface area contributed by atoms with Crippen LogP contribution in [-0.2, 0) is 0 Å². The highest BCUT2D eigenvalue weighted by molar-refractivity contribution is 7.99. The minimum atomic E-state index is 0.158. The average molecular weight is 268 g/mol. The zero-order chi connectivity index (χ0) is 12.4. The van der Waals surface area contributed by atoms with Gasteiger partial charge >= 0.3 is 0 Å². The molecule has 0 saturated heterocycles. The third-order valence-corrected chi connectivity index (χ3v) is 2.97. The summed E-state index contributed by atoms with van der Waals surface area (Å²) in [4.78, 5) is 16.4. The SMILES string of the molecule is Cc1cc(C)nc(Sc2nc(Cl)ncc2N)n1. The Morgan fingerprint density at radius 1 is 1.18 bits per heavy atom. The Labute approximate surface area is 108 Å². The lowest BCUT2D eigenvalue weighted by molar-refractivity contribution is 0.898. The molecule has 2 heterocycles. The lowest BCUT2D eigenvalue weighted by atomic mass is 10.4. The van der Waals surface area contributed by atoms with E-state index in [1.54, 1.807) is 0 Å². The van der Waals surface area contributed by atoms with Gasteiger partial charge < -0.3 is 5.73 Å². The molecule has 0 aromatic carbocycles. The first-order valence-corrected chi connectivity index (χ1v) is 6.02. The van der Waals surface area contributed by atoms with Crippen molar-refractivity contribution in [1.82, 2.24) is 19.9 Å². The van der Waals surface area contributed by atoms with Crippen LogP contribution in [0.4, 0.5) is 5.69 Å². The largest absolute Gasteiger partial charge is 0.395 e. The molecule has 0 fully saturated rings. The second kappa shape index (κ2) is 4.85. The van der Waals surface area contributed by atoms with Gasteiger partial charge in [-0.2, -0.15) is 0 Å². The predicted molar refractivity (Wildman–Crippen MR) is 67.1 cm³/mol. The molecule has 0 aliphatic rings.